The molecular weight excluding hydrogens is 265 g/mol. The van der Waals surface area contributed by atoms with Gasteiger partial charge in [0.15, 0.2) is 0 Å². The zero-order valence-electron chi connectivity index (χ0n) is 10.6. The largest absolute Gasteiger partial charge is 0.488 e. The maximum Gasteiger partial charge on any atom is 0.129 e. The molecule has 0 unspecified atom stereocenters. The molecule has 0 bridgehead atoms. The Morgan fingerprint density at radius 1 is 1.26 bits per heavy atom. The van der Waals surface area contributed by atoms with E-state index in [4.69, 9.17) is 22.1 Å². The summed E-state index contributed by atoms with van der Waals surface area (Å²) in [7, 11) is 0. The van der Waals surface area contributed by atoms with Crippen LogP contribution in [0.2, 0.25) is 5.02 Å². The van der Waals surface area contributed by atoms with Crippen molar-refractivity contribution < 1.29 is 9.13 Å². The standard InChI is InChI=1S/C15H15ClFNO/c1-10(18)13-4-2-3-5-15(13)19-9-11-8-12(16)6-7-14(11)17/h2-8,10H,9,18H2,1H3/t10-/m1/s1. The molecule has 1 atom stereocenters. The normalized spacial score (nSPS) is 12.2. The number of hydrogen-bond donors (Lipinski definition) is 1. The van der Waals surface area contributed by atoms with Crippen molar-refractivity contribution in [3.8, 4) is 5.75 Å². The van der Waals surface area contributed by atoms with Gasteiger partial charge in [-0.15, -0.1) is 0 Å². The second kappa shape index (κ2) is 6.04. The van der Waals surface area contributed by atoms with Gasteiger partial charge in [0.25, 0.3) is 0 Å². The summed E-state index contributed by atoms with van der Waals surface area (Å²) < 4.78 is 19.2. The van der Waals surface area contributed by atoms with Crippen molar-refractivity contribution in [2.75, 3.05) is 0 Å². The zero-order valence-corrected chi connectivity index (χ0v) is 11.3. The lowest BCUT2D eigenvalue weighted by Gasteiger charge is -2.14. The van der Waals surface area contributed by atoms with Gasteiger partial charge in [0, 0.05) is 22.2 Å². The molecule has 0 radical (unpaired) electrons. The predicted octanol–water partition coefficient (Wildman–Crippen LogP) is 4.08. The van der Waals surface area contributed by atoms with E-state index in [9.17, 15) is 4.39 Å². The van der Waals surface area contributed by atoms with Crippen LogP contribution >= 0.6 is 11.6 Å². The number of hydrogen-bond acceptors (Lipinski definition) is 2. The van der Waals surface area contributed by atoms with Gasteiger partial charge in [-0.1, -0.05) is 29.8 Å². The van der Waals surface area contributed by atoms with E-state index in [1.54, 1.807) is 6.07 Å². The Bertz CT molecular complexity index is 572. The van der Waals surface area contributed by atoms with E-state index in [0.29, 0.717) is 16.3 Å². The van der Waals surface area contributed by atoms with Crippen LogP contribution in [0.1, 0.15) is 24.1 Å². The Kier molecular flexibility index (Phi) is 4.40. The van der Waals surface area contributed by atoms with Crippen LogP contribution in [0, 0.1) is 5.82 Å². The Hall–Kier alpha value is -1.58. The number of halogens is 2. The molecule has 0 fully saturated rings. The molecule has 0 aliphatic heterocycles. The molecule has 0 amide bonds. The van der Waals surface area contributed by atoms with Crippen molar-refractivity contribution in [2.24, 2.45) is 5.73 Å². The maximum atomic E-state index is 13.6. The highest BCUT2D eigenvalue weighted by Crippen LogP contribution is 2.25. The Morgan fingerprint density at radius 3 is 2.74 bits per heavy atom. The molecule has 0 aliphatic rings. The van der Waals surface area contributed by atoms with Crippen molar-refractivity contribution in [1.82, 2.24) is 0 Å². The van der Waals surface area contributed by atoms with Gasteiger partial charge in [-0.2, -0.15) is 0 Å². The fourth-order valence-corrected chi connectivity index (χ4v) is 1.99. The molecule has 2 nitrogen and oxygen atoms in total. The van der Waals surface area contributed by atoms with E-state index in [2.05, 4.69) is 0 Å². The lowest BCUT2D eigenvalue weighted by Crippen LogP contribution is -2.08. The first-order valence-corrected chi connectivity index (χ1v) is 6.37. The number of rotatable bonds is 4. The highest BCUT2D eigenvalue weighted by Gasteiger charge is 2.09. The molecule has 0 spiro atoms. The van der Waals surface area contributed by atoms with E-state index < -0.39 is 0 Å². The van der Waals surface area contributed by atoms with Gasteiger partial charge < -0.3 is 10.5 Å². The van der Waals surface area contributed by atoms with E-state index >= 15 is 0 Å². The summed E-state index contributed by atoms with van der Waals surface area (Å²) in [5, 5.41) is 0.487. The third-order valence-electron chi connectivity index (χ3n) is 2.80. The van der Waals surface area contributed by atoms with Crippen LogP contribution in [0.4, 0.5) is 4.39 Å². The van der Waals surface area contributed by atoms with Gasteiger partial charge in [0.2, 0.25) is 0 Å². The van der Waals surface area contributed by atoms with E-state index in [-0.39, 0.29) is 18.5 Å². The zero-order chi connectivity index (χ0) is 13.8. The second-order valence-electron chi connectivity index (χ2n) is 4.35. The van der Waals surface area contributed by atoms with Gasteiger partial charge in [-0.05, 0) is 31.2 Å². The van der Waals surface area contributed by atoms with Crippen LogP contribution in [-0.4, -0.2) is 0 Å². The Labute approximate surface area is 117 Å². The molecule has 2 aromatic rings. The summed E-state index contributed by atoms with van der Waals surface area (Å²) >= 11 is 5.84. The van der Waals surface area contributed by atoms with Crippen LogP contribution in [0.3, 0.4) is 0 Å². The SMILES string of the molecule is C[C@@H](N)c1ccccc1OCc1cc(Cl)ccc1F. The monoisotopic (exact) mass is 279 g/mol. The van der Waals surface area contributed by atoms with Crippen molar-refractivity contribution in [3.05, 3.63) is 64.4 Å². The van der Waals surface area contributed by atoms with Crippen LogP contribution in [0.25, 0.3) is 0 Å². The highest BCUT2D eigenvalue weighted by atomic mass is 35.5. The number of ether oxygens (including phenoxy) is 1. The summed E-state index contributed by atoms with van der Waals surface area (Å²) in [6, 6.07) is 11.7. The number of nitrogens with two attached hydrogens (primary N) is 1. The molecule has 0 saturated heterocycles. The quantitative estimate of drug-likeness (QED) is 0.915. The molecule has 2 aromatic carbocycles. The first-order chi connectivity index (χ1) is 9.08. The number of para-hydroxylation sites is 1. The van der Waals surface area contributed by atoms with Crippen molar-refractivity contribution in [1.29, 1.82) is 0 Å². The van der Waals surface area contributed by atoms with Crippen molar-refractivity contribution in [3.63, 3.8) is 0 Å². The van der Waals surface area contributed by atoms with Crippen LogP contribution < -0.4 is 10.5 Å². The summed E-state index contributed by atoms with van der Waals surface area (Å²) in [4.78, 5) is 0. The topological polar surface area (TPSA) is 35.2 Å². The first kappa shape index (κ1) is 13.8. The van der Waals surface area contributed by atoms with Gasteiger partial charge in [0.05, 0.1) is 0 Å². The average molecular weight is 280 g/mol. The van der Waals surface area contributed by atoms with Crippen LogP contribution in [-0.2, 0) is 6.61 Å². The molecule has 2 N–H and O–H groups in total. The van der Waals surface area contributed by atoms with E-state index in [0.717, 1.165) is 5.56 Å². The highest BCUT2D eigenvalue weighted by molar-refractivity contribution is 6.30. The summed E-state index contributed by atoms with van der Waals surface area (Å²) in [5.74, 6) is 0.333. The predicted molar refractivity (Wildman–Crippen MR) is 74.8 cm³/mol. The van der Waals surface area contributed by atoms with Gasteiger partial charge in [0.1, 0.15) is 18.2 Å². The third-order valence-corrected chi connectivity index (χ3v) is 3.04. The minimum Gasteiger partial charge on any atom is -0.488 e. The van der Waals surface area contributed by atoms with Gasteiger partial charge >= 0.3 is 0 Å². The summed E-state index contributed by atoms with van der Waals surface area (Å²) in [6.07, 6.45) is 0. The average Bonchev–Trinajstić information content (AvgIpc) is 2.40. The van der Waals surface area contributed by atoms with E-state index in [1.807, 2.05) is 31.2 Å². The molecule has 4 heteroatoms. The fraction of sp³-hybridized carbons (Fsp3) is 0.200. The van der Waals surface area contributed by atoms with Crippen LogP contribution in [0.15, 0.2) is 42.5 Å². The minimum absolute atomic E-state index is 0.121. The second-order valence-corrected chi connectivity index (χ2v) is 4.79. The maximum absolute atomic E-state index is 13.6. The Balaban J connectivity index is 2.17. The molecule has 2 rings (SSSR count). The fourth-order valence-electron chi connectivity index (χ4n) is 1.80. The first-order valence-electron chi connectivity index (χ1n) is 5.99. The van der Waals surface area contributed by atoms with Crippen LogP contribution in [0.5, 0.6) is 5.75 Å². The summed E-state index contributed by atoms with van der Waals surface area (Å²) in [5.41, 5.74) is 7.18. The lowest BCUT2D eigenvalue weighted by atomic mass is 10.1. The van der Waals surface area contributed by atoms with Crippen molar-refractivity contribution in [2.45, 2.75) is 19.6 Å². The van der Waals surface area contributed by atoms with Crippen molar-refractivity contribution >= 4 is 11.6 Å². The Morgan fingerprint density at radius 2 is 2.00 bits per heavy atom. The molecule has 0 aliphatic carbocycles. The molecule has 0 heterocycles. The van der Waals surface area contributed by atoms with E-state index in [1.165, 1.54) is 12.1 Å². The lowest BCUT2D eigenvalue weighted by molar-refractivity contribution is 0.295. The number of benzene rings is 2. The van der Waals surface area contributed by atoms with Gasteiger partial charge in [-0.3, -0.25) is 0 Å². The van der Waals surface area contributed by atoms with Gasteiger partial charge in [-0.25, -0.2) is 4.39 Å². The molecule has 100 valence electrons. The minimum atomic E-state index is -0.331. The molecule has 0 saturated carbocycles. The molecular formula is C15H15ClFNO. The smallest absolute Gasteiger partial charge is 0.129 e. The molecule has 0 aromatic heterocycles. The third kappa shape index (κ3) is 3.46. The molecule has 19 heavy (non-hydrogen) atoms. The summed E-state index contributed by atoms with van der Waals surface area (Å²) in [6.45, 7) is 2.00.